The summed E-state index contributed by atoms with van der Waals surface area (Å²) in [5.74, 6) is -1.37. The molecule has 0 aliphatic carbocycles. The molecule has 2 heterocycles. The van der Waals surface area contributed by atoms with Crippen LogP contribution < -0.4 is 5.32 Å². The number of carboxylic acid groups (broad SMARTS) is 1. The van der Waals surface area contributed by atoms with Gasteiger partial charge in [-0.3, -0.25) is 9.59 Å². The highest BCUT2D eigenvalue weighted by molar-refractivity contribution is 7.06. The topological polar surface area (TPSA) is 95.4 Å². The Kier molecular flexibility index (Phi) is 4.24. The summed E-state index contributed by atoms with van der Waals surface area (Å²) in [6, 6.07) is 0. The van der Waals surface area contributed by atoms with E-state index < -0.39 is 5.97 Å². The second kappa shape index (κ2) is 6.10. The van der Waals surface area contributed by atoms with Crippen LogP contribution in [0.5, 0.6) is 0 Å². The average Bonchev–Trinajstić information content (AvgIpc) is 2.91. The minimum absolute atomic E-state index is 0.129. The summed E-state index contributed by atoms with van der Waals surface area (Å²) in [6.45, 7) is 0.345. The van der Waals surface area contributed by atoms with E-state index >= 15 is 0 Å². The molecule has 1 aromatic rings. The van der Waals surface area contributed by atoms with Gasteiger partial charge in [0, 0.05) is 18.3 Å². The van der Waals surface area contributed by atoms with Gasteiger partial charge in [0.05, 0.1) is 6.54 Å². The van der Waals surface area contributed by atoms with E-state index in [0.717, 1.165) is 10.6 Å². The zero-order valence-corrected chi connectivity index (χ0v) is 10.8. The molecule has 0 bridgehead atoms. The molecule has 0 atom stereocenters. The van der Waals surface area contributed by atoms with Gasteiger partial charge in [0.25, 0.3) is 0 Å². The highest BCUT2D eigenvalue weighted by Gasteiger charge is 2.12. The molecular formula is C11H12N4O3S. The van der Waals surface area contributed by atoms with E-state index in [2.05, 4.69) is 14.7 Å². The van der Waals surface area contributed by atoms with Crippen molar-refractivity contribution in [1.82, 2.24) is 19.6 Å². The lowest BCUT2D eigenvalue weighted by Crippen LogP contribution is -2.37. The second-order valence-electron chi connectivity index (χ2n) is 3.82. The van der Waals surface area contributed by atoms with Crippen LogP contribution in [0.2, 0.25) is 0 Å². The van der Waals surface area contributed by atoms with Crippen LogP contribution in [0, 0.1) is 0 Å². The lowest BCUT2D eigenvalue weighted by atomic mass is 10.2. The van der Waals surface area contributed by atoms with E-state index in [-0.39, 0.29) is 19.0 Å². The van der Waals surface area contributed by atoms with Crippen LogP contribution in [0.4, 0.5) is 0 Å². The lowest BCUT2D eigenvalue weighted by molar-refractivity contribution is -0.138. The van der Waals surface area contributed by atoms with Gasteiger partial charge in [0.1, 0.15) is 17.9 Å². The number of carbonyl (C=O) groups is 2. The van der Waals surface area contributed by atoms with Crippen LogP contribution in [-0.2, 0) is 9.59 Å². The van der Waals surface area contributed by atoms with Gasteiger partial charge >= 0.3 is 5.97 Å². The highest BCUT2D eigenvalue weighted by Crippen LogP contribution is 2.19. The SMILES string of the molecule is O=C(O)CNC(=O)CN1C=CC(c2ncns2)=CC1. The van der Waals surface area contributed by atoms with Gasteiger partial charge in [-0.05, 0) is 17.6 Å². The van der Waals surface area contributed by atoms with Gasteiger partial charge in [-0.1, -0.05) is 6.08 Å². The number of aromatic nitrogens is 2. The van der Waals surface area contributed by atoms with Gasteiger partial charge in [0.2, 0.25) is 5.91 Å². The Labute approximate surface area is 113 Å². The summed E-state index contributed by atoms with van der Waals surface area (Å²) < 4.78 is 3.93. The number of nitrogens with zero attached hydrogens (tertiary/aromatic N) is 3. The minimum atomic E-state index is -1.05. The Morgan fingerprint density at radius 1 is 1.53 bits per heavy atom. The number of hydrogen-bond donors (Lipinski definition) is 2. The maximum absolute atomic E-state index is 11.4. The first kappa shape index (κ1) is 13.2. The third-order valence-electron chi connectivity index (χ3n) is 2.40. The normalized spacial score (nSPS) is 14.1. The first-order valence-electron chi connectivity index (χ1n) is 5.53. The Morgan fingerprint density at radius 2 is 2.37 bits per heavy atom. The van der Waals surface area contributed by atoms with E-state index in [1.165, 1.54) is 17.9 Å². The van der Waals surface area contributed by atoms with Crippen molar-refractivity contribution in [3.8, 4) is 0 Å². The standard InChI is InChI=1S/C11H12N4O3S/c16-9(12-5-10(17)18)6-15-3-1-8(2-4-15)11-13-7-14-19-11/h1-3,7H,4-6H2,(H,12,16)(H,17,18). The molecule has 0 fully saturated rings. The monoisotopic (exact) mass is 280 g/mol. The first-order chi connectivity index (χ1) is 9.15. The van der Waals surface area contributed by atoms with E-state index in [0.29, 0.717) is 6.54 Å². The predicted molar refractivity (Wildman–Crippen MR) is 69.2 cm³/mol. The number of aliphatic carboxylic acids is 1. The maximum Gasteiger partial charge on any atom is 0.322 e. The molecule has 100 valence electrons. The zero-order chi connectivity index (χ0) is 13.7. The summed E-state index contributed by atoms with van der Waals surface area (Å²) in [5, 5.41) is 11.6. The number of allylic oxidation sites excluding steroid dienone is 2. The van der Waals surface area contributed by atoms with Gasteiger partial charge < -0.3 is 15.3 Å². The van der Waals surface area contributed by atoms with Crippen LogP contribution in [0.1, 0.15) is 5.01 Å². The summed E-state index contributed by atoms with van der Waals surface area (Å²) in [7, 11) is 0. The Morgan fingerprint density at radius 3 is 2.95 bits per heavy atom. The molecule has 1 aromatic heterocycles. The van der Waals surface area contributed by atoms with Crippen LogP contribution in [0.25, 0.3) is 5.57 Å². The predicted octanol–water partition coefficient (Wildman–Crippen LogP) is -0.0484. The molecule has 7 nitrogen and oxygen atoms in total. The first-order valence-corrected chi connectivity index (χ1v) is 6.30. The summed E-state index contributed by atoms with van der Waals surface area (Å²) >= 11 is 1.31. The van der Waals surface area contributed by atoms with Crippen molar-refractivity contribution >= 4 is 29.0 Å². The van der Waals surface area contributed by atoms with Crippen molar-refractivity contribution in [2.45, 2.75) is 0 Å². The van der Waals surface area contributed by atoms with E-state index in [1.807, 2.05) is 12.2 Å². The molecule has 19 heavy (non-hydrogen) atoms. The lowest BCUT2D eigenvalue weighted by Gasteiger charge is -2.21. The number of carbonyl (C=O) groups excluding carboxylic acids is 1. The van der Waals surface area contributed by atoms with Gasteiger partial charge in [0.15, 0.2) is 0 Å². The molecule has 0 saturated heterocycles. The third kappa shape index (κ3) is 3.88. The zero-order valence-electron chi connectivity index (χ0n) is 9.94. The van der Waals surface area contributed by atoms with Crippen molar-refractivity contribution in [1.29, 1.82) is 0 Å². The summed E-state index contributed by atoms with van der Waals surface area (Å²) in [4.78, 5) is 27.6. The maximum atomic E-state index is 11.4. The molecule has 2 rings (SSSR count). The quantitative estimate of drug-likeness (QED) is 0.785. The number of carboxylic acids is 1. The van der Waals surface area contributed by atoms with Gasteiger partial charge in [-0.25, -0.2) is 4.98 Å². The molecule has 1 aliphatic rings. The van der Waals surface area contributed by atoms with Gasteiger partial charge in [-0.15, -0.1) is 0 Å². The van der Waals surface area contributed by atoms with E-state index in [4.69, 9.17) is 5.11 Å². The molecular weight excluding hydrogens is 268 g/mol. The molecule has 8 heteroatoms. The van der Waals surface area contributed by atoms with Crippen LogP contribution in [-0.4, -0.2) is 50.9 Å². The summed E-state index contributed by atoms with van der Waals surface area (Å²) in [6.07, 6.45) is 7.09. The molecule has 2 N–H and O–H groups in total. The van der Waals surface area contributed by atoms with Crippen LogP contribution in [0.15, 0.2) is 24.7 Å². The van der Waals surface area contributed by atoms with Crippen molar-refractivity contribution in [2.75, 3.05) is 19.6 Å². The van der Waals surface area contributed by atoms with Crippen molar-refractivity contribution < 1.29 is 14.7 Å². The van der Waals surface area contributed by atoms with E-state index in [9.17, 15) is 9.59 Å². The fourth-order valence-electron chi connectivity index (χ4n) is 1.52. The molecule has 0 aromatic carbocycles. The number of rotatable bonds is 5. The molecule has 0 saturated carbocycles. The fraction of sp³-hybridized carbons (Fsp3) is 0.273. The molecule has 1 aliphatic heterocycles. The minimum Gasteiger partial charge on any atom is -0.480 e. The molecule has 0 radical (unpaired) electrons. The second-order valence-corrected chi connectivity index (χ2v) is 4.60. The Balaban J connectivity index is 1.82. The van der Waals surface area contributed by atoms with Gasteiger partial charge in [-0.2, -0.15) is 4.37 Å². The molecule has 1 amide bonds. The Bertz CT molecular complexity index is 524. The molecule has 0 spiro atoms. The van der Waals surface area contributed by atoms with Crippen LogP contribution >= 0.6 is 11.5 Å². The third-order valence-corrected chi connectivity index (χ3v) is 3.12. The Hall–Kier alpha value is -2.22. The molecule has 0 unspecified atom stereocenters. The highest BCUT2D eigenvalue weighted by atomic mass is 32.1. The number of hydrogen-bond acceptors (Lipinski definition) is 6. The van der Waals surface area contributed by atoms with Crippen molar-refractivity contribution in [2.24, 2.45) is 0 Å². The van der Waals surface area contributed by atoms with E-state index in [1.54, 1.807) is 11.1 Å². The smallest absolute Gasteiger partial charge is 0.322 e. The fourth-order valence-corrected chi connectivity index (χ4v) is 2.07. The van der Waals surface area contributed by atoms with Crippen molar-refractivity contribution in [3.63, 3.8) is 0 Å². The van der Waals surface area contributed by atoms with Crippen molar-refractivity contribution in [3.05, 3.63) is 29.7 Å². The van der Waals surface area contributed by atoms with Crippen LogP contribution in [0.3, 0.4) is 0 Å². The largest absolute Gasteiger partial charge is 0.480 e. The number of amides is 1. The number of nitrogens with one attached hydrogen (secondary N) is 1. The summed E-state index contributed by atoms with van der Waals surface area (Å²) in [5.41, 5.74) is 0.977. The average molecular weight is 280 g/mol.